The molecule has 0 aliphatic heterocycles. The molecular formula is C21H13NO3. The maximum atomic E-state index is 12.8. The minimum atomic E-state index is -0.278. The summed E-state index contributed by atoms with van der Waals surface area (Å²) in [6.07, 6.45) is 0. The van der Waals surface area contributed by atoms with Crippen LogP contribution >= 0.6 is 0 Å². The maximum Gasteiger partial charge on any atom is 0.195 e. The van der Waals surface area contributed by atoms with E-state index in [4.69, 9.17) is 5.73 Å². The van der Waals surface area contributed by atoms with E-state index in [1.807, 2.05) is 6.07 Å². The molecule has 0 saturated heterocycles. The van der Waals surface area contributed by atoms with Crippen molar-refractivity contribution >= 4 is 23.0 Å². The molecule has 3 aromatic rings. The molecule has 0 amide bonds. The van der Waals surface area contributed by atoms with Gasteiger partial charge in [-0.2, -0.15) is 0 Å². The minimum absolute atomic E-state index is 0.188. The molecule has 2 N–H and O–H groups in total. The van der Waals surface area contributed by atoms with Gasteiger partial charge < -0.3 is 5.73 Å². The van der Waals surface area contributed by atoms with E-state index in [2.05, 4.69) is 0 Å². The number of nitrogen functional groups attached to an aromatic ring is 1. The van der Waals surface area contributed by atoms with Gasteiger partial charge in [0.05, 0.1) is 0 Å². The number of hydrogen-bond donors (Lipinski definition) is 1. The molecule has 120 valence electrons. The Hall–Kier alpha value is -3.53. The fraction of sp³-hybridized carbons (Fsp3) is 0. The van der Waals surface area contributed by atoms with Crippen molar-refractivity contribution in [1.29, 1.82) is 0 Å². The first-order chi connectivity index (χ1) is 12.1. The smallest absolute Gasteiger partial charge is 0.195 e. The molecule has 3 aromatic carbocycles. The van der Waals surface area contributed by atoms with Crippen LogP contribution in [0.4, 0.5) is 5.69 Å². The van der Waals surface area contributed by atoms with E-state index in [0.717, 1.165) is 0 Å². The van der Waals surface area contributed by atoms with Gasteiger partial charge in [0.15, 0.2) is 17.3 Å². The van der Waals surface area contributed by atoms with E-state index in [-0.39, 0.29) is 39.7 Å². The van der Waals surface area contributed by atoms with Crippen molar-refractivity contribution in [2.24, 2.45) is 0 Å². The maximum absolute atomic E-state index is 12.8. The molecule has 0 bridgehead atoms. The van der Waals surface area contributed by atoms with Crippen molar-refractivity contribution in [3.8, 4) is 0 Å². The van der Waals surface area contributed by atoms with Crippen LogP contribution in [-0.2, 0) is 0 Å². The number of benzene rings is 3. The average molecular weight is 327 g/mol. The Balaban J connectivity index is 1.89. The van der Waals surface area contributed by atoms with Crippen LogP contribution in [0.25, 0.3) is 0 Å². The second-order valence-corrected chi connectivity index (χ2v) is 5.88. The lowest BCUT2D eigenvalue weighted by molar-refractivity contribution is 0.0978. The van der Waals surface area contributed by atoms with Crippen LogP contribution in [-0.4, -0.2) is 17.3 Å². The lowest BCUT2D eigenvalue weighted by Crippen LogP contribution is -2.22. The first-order valence-corrected chi connectivity index (χ1v) is 7.79. The molecule has 1 aliphatic carbocycles. The first kappa shape index (κ1) is 15.0. The number of carbonyl (C=O) groups excluding carboxylic acids is 3. The molecule has 0 radical (unpaired) electrons. The van der Waals surface area contributed by atoms with E-state index in [1.165, 1.54) is 12.1 Å². The number of anilines is 1. The molecule has 0 aromatic heterocycles. The van der Waals surface area contributed by atoms with Gasteiger partial charge in [-0.25, -0.2) is 0 Å². The van der Waals surface area contributed by atoms with Crippen LogP contribution in [0, 0.1) is 0 Å². The molecule has 0 saturated carbocycles. The van der Waals surface area contributed by atoms with Crippen molar-refractivity contribution in [1.82, 2.24) is 0 Å². The molecule has 4 nitrogen and oxygen atoms in total. The molecular weight excluding hydrogens is 314 g/mol. The molecule has 0 atom stereocenters. The largest absolute Gasteiger partial charge is 0.398 e. The van der Waals surface area contributed by atoms with Gasteiger partial charge >= 0.3 is 0 Å². The molecule has 0 unspecified atom stereocenters. The van der Waals surface area contributed by atoms with Crippen molar-refractivity contribution in [3.63, 3.8) is 0 Å². The summed E-state index contributed by atoms with van der Waals surface area (Å²) in [6.45, 7) is 0. The van der Waals surface area contributed by atoms with E-state index < -0.39 is 0 Å². The van der Waals surface area contributed by atoms with Crippen LogP contribution in [0.2, 0.25) is 0 Å². The SMILES string of the molecule is Nc1cc2c(cc1C(=O)c1ccccc1)C(=O)c1ccccc1C2=O. The fourth-order valence-electron chi connectivity index (χ4n) is 3.10. The predicted molar refractivity (Wildman–Crippen MR) is 94.0 cm³/mol. The predicted octanol–water partition coefficient (Wildman–Crippen LogP) is 3.28. The van der Waals surface area contributed by atoms with Gasteiger partial charge in [0.1, 0.15) is 0 Å². The molecule has 0 spiro atoms. The van der Waals surface area contributed by atoms with Gasteiger partial charge in [0, 0.05) is 39.1 Å². The van der Waals surface area contributed by atoms with Crippen LogP contribution in [0.15, 0.2) is 66.7 Å². The van der Waals surface area contributed by atoms with E-state index >= 15 is 0 Å². The van der Waals surface area contributed by atoms with E-state index in [0.29, 0.717) is 16.7 Å². The lowest BCUT2D eigenvalue weighted by Gasteiger charge is -2.19. The molecule has 1 aliphatic rings. The molecule has 0 fully saturated rings. The van der Waals surface area contributed by atoms with Crippen molar-refractivity contribution < 1.29 is 14.4 Å². The van der Waals surface area contributed by atoms with Gasteiger partial charge in [-0.15, -0.1) is 0 Å². The number of rotatable bonds is 2. The van der Waals surface area contributed by atoms with Crippen molar-refractivity contribution in [3.05, 3.63) is 100 Å². The fourth-order valence-corrected chi connectivity index (χ4v) is 3.10. The van der Waals surface area contributed by atoms with E-state index in [9.17, 15) is 14.4 Å². The number of carbonyl (C=O) groups is 3. The summed E-state index contributed by atoms with van der Waals surface area (Å²) in [7, 11) is 0. The van der Waals surface area contributed by atoms with Gasteiger partial charge in [-0.1, -0.05) is 54.6 Å². The summed E-state index contributed by atoms with van der Waals surface area (Å²) in [5.41, 5.74) is 8.09. The standard InChI is InChI=1S/C21H13NO3/c22-18-11-16-15(10-17(18)19(23)12-6-2-1-3-7-12)20(24)13-8-4-5-9-14(13)21(16)25/h1-11H,22H2. The van der Waals surface area contributed by atoms with Gasteiger partial charge in [-0.05, 0) is 12.1 Å². The first-order valence-electron chi connectivity index (χ1n) is 7.79. The molecule has 4 heteroatoms. The third-order valence-corrected chi connectivity index (χ3v) is 4.38. The number of hydrogen-bond acceptors (Lipinski definition) is 4. The Bertz CT molecular complexity index is 1050. The van der Waals surface area contributed by atoms with Gasteiger partial charge in [-0.3, -0.25) is 14.4 Å². The average Bonchev–Trinajstić information content (AvgIpc) is 2.66. The Morgan fingerprint density at radius 1 is 0.680 bits per heavy atom. The number of fused-ring (bicyclic) bond motifs is 2. The number of nitrogens with two attached hydrogens (primary N) is 1. The van der Waals surface area contributed by atoms with E-state index in [1.54, 1.807) is 48.5 Å². The van der Waals surface area contributed by atoms with Gasteiger partial charge in [0.2, 0.25) is 0 Å². The monoisotopic (exact) mass is 327 g/mol. The zero-order valence-corrected chi connectivity index (χ0v) is 13.2. The van der Waals surface area contributed by atoms with Crippen LogP contribution < -0.4 is 5.73 Å². The topological polar surface area (TPSA) is 77.2 Å². The Kier molecular flexibility index (Phi) is 3.32. The number of ketones is 3. The highest BCUT2D eigenvalue weighted by atomic mass is 16.1. The Morgan fingerprint density at radius 2 is 1.20 bits per heavy atom. The highest BCUT2D eigenvalue weighted by Crippen LogP contribution is 2.31. The summed E-state index contributed by atoms with van der Waals surface area (Å²) in [4.78, 5) is 38.1. The summed E-state index contributed by atoms with van der Waals surface area (Å²) >= 11 is 0. The zero-order valence-electron chi connectivity index (χ0n) is 13.2. The quantitative estimate of drug-likeness (QED) is 0.453. The van der Waals surface area contributed by atoms with Crippen molar-refractivity contribution in [2.45, 2.75) is 0 Å². The van der Waals surface area contributed by atoms with Crippen molar-refractivity contribution in [2.75, 3.05) is 5.73 Å². The van der Waals surface area contributed by atoms with Crippen LogP contribution in [0.3, 0.4) is 0 Å². The zero-order chi connectivity index (χ0) is 17.6. The minimum Gasteiger partial charge on any atom is -0.398 e. The molecule has 25 heavy (non-hydrogen) atoms. The highest BCUT2D eigenvalue weighted by Gasteiger charge is 2.31. The second-order valence-electron chi connectivity index (χ2n) is 5.88. The summed E-state index contributed by atoms with van der Waals surface area (Å²) < 4.78 is 0. The third-order valence-electron chi connectivity index (χ3n) is 4.38. The molecule has 4 rings (SSSR count). The van der Waals surface area contributed by atoms with Crippen LogP contribution in [0.1, 0.15) is 47.8 Å². The molecule has 0 heterocycles. The summed E-state index contributed by atoms with van der Waals surface area (Å²) in [6, 6.07) is 18.2. The van der Waals surface area contributed by atoms with Crippen LogP contribution in [0.5, 0.6) is 0 Å². The summed E-state index contributed by atoms with van der Waals surface area (Å²) in [5.74, 6) is -0.803. The lowest BCUT2D eigenvalue weighted by atomic mass is 9.82. The van der Waals surface area contributed by atoms with Gasteiger partial charge in [0.25, 0.3) is 0 Å². The normalized spacial score (nSPS) is 12.5. The third kappa shape index (κ3) is 2.27. The Labute approximate surface area is 143 Å². The highest BCUT2D eigenvalue weighted by molar-refractivity contribution is 6.29. The summed E-state index contributed by atoms with van der Waals surface area (Å²) in [5, 5.41) is 0. The second kappa shape index (κ2) is 5.53. The Morgan fingerprint density at radius 3 is 1.80 bits per heavy atom.